The van der Waals surface area contributed by atoms with Gasteiger partial charge in [0.15, 0.2) is 0 Å². The van der Waals surface area contributed by atoms with Gasteiger partial charge < -0.3 is 5.73 Å². The van der Waals surface area contributed by atoms with Crippen molar-refractivity contribution >= 4 is 0 Å². The monoisotopic (exact) mass is 203 g/mol. The molecule has 2 N–H and O–H groups in total. The molecule has 0 saturated heterocycles. The SMILES string of the molecule is C[C@H]1C[C@@]1(N)c1ccc(C(C)(C)C)cc1. The third kappa shape index (κ3) is 1.81. The van der Waals surface area contributed by atoms with E-state index in [1.165, 1.54) is 11.1 Å². The van der Waals surface area contributed by atoms with Gasteiger partial charge in [0.05, 0.1) is 0 Å². The predicted molar refractivity (Wildman–Crippen MR) is 64.8 cm³/mol. The Morgan fingerprint density at radius 3 is 2.00 bits per heavy atom. The lowest BCUT2D eigenvalue weighted by molar-refractivity contribution is 0.588. The summed E-state index contributed by atoms with van der Waals surface area (Å²) in [5.74, 6) is 0.637. The summed E-state index contributed by atoms with van der Waals surface area (Å²) >= 11 is 0. The first-order valence-corrected chi connectivity index (χ1v) is 5.74. The summed E-state index contributed by atoms with van der Waals surface area (Å²) in [6, 6.07) is 8.83. The molecule has 0 heterocycles. The fraction of sp³-hybridized carbons (Fsp3) is 0.571. The average Bonchev–Trinajstić information content (AvgIpc) is 2.75. The summed E-state index contributed by atoms with van der Waals surface area (Å²) in [5, 5.41) is 0. The quantitative estimate of drug-likeness (QED) is 0.745. The van der Waals surface area contributed by atoms with E-state index >= 15 is 0 Å². The van der Waals surface area contributed by atoms with Crippen LogP contribution >= 0.6 is 0 Å². The molecule has 1 aliphatic rings. The highest BCUT2D eigenvalue weighted by atomic mass is 14.8. The Morgan fingerprint density at radius 1 is 1.20 bits per heavy atom. The van der Waals surface area contributed by atoms with Crippen LogP contribution in [-0.2, 0) is 11.0 Å². The van der Waals surface area contributed by atoms with Crippen molar-refractivity contribution < 1.29 is 0 Å². The summed E-state index contributed by atoms with van der Waals surface area (Å²) in [6.45, 7) is 8.93. The maximum atomic E-state index is 6.27. The molecule has 1 heteroatoms. The van der Waals surface area contributed by atoms with Crippen molar-refractivity contribution in [2.24, 2.45) is 11.7 Å². The van der Waals surface area contributed by atoms with Crippen LogP contribution in [0, 0.1) is 5.92 Å². The highest BCUT2D eigenvalue weighted by Gasteiger charge is 2.48. The van der Waals surface area contributed by atoms with E-state index < -0.39 is 0 Å². The molecule has 0 aromatic heterocycles. The second-order valence-corrected chi connectivity index (χ2v) is 5.97. The smallest absolute Gasteiger partial charge is 0.0439 e. The minimum atomic E-state index is -0.0313. The highest BCUT2D eigenvalue weighted by molar-refractivity contribution is 5.35. The predicted octanol–water partition coefficient (Wildman–Crippen LogP) is 3.18. The summed E-state index contributed by atoms with van der Waals surface area (Å²) in [4.78, 5) is 0. The number of nitrogens with two attached hydrogens (primary N) is 1. The molecule has 0 unspecified atom stereocenters. The van der Waals surface area contributed by atoms with E-state index in [0.29, 0.717) is 5.92 Å². The van der Waals surface area contributed by atoms with Crippen molar-refractivity contribution in [3.05, 3.63) is 35.4 Å². The van der Waals surface area contributed by atoms with Crippen LogP contribution in [0.5, 0.6) is 0 Å². The molecule has 15 heavy (non-hydrogen) atoms. The average molecular weight is 203 g/mol. The maximum Gasteiger partial charge on any atom is 0.0439 e. The topological polar surface area (TPSA) is 26.0 Å². The van der Waals surface area contributed by atoms with E-state index in [1.807, 2.05) is 0 Å². The van der Waals surface area contributed by atoms with Gasteiger partial charge in [0.1, 0.15) is 0 Å². The fourth-order valence-electron chi connectivity index (χ4n) is 2.13. The van der Waals surface area contributed by atoms with Crippen LogP contribution in [0.1, 0.15) is 45.2 Å². The van der Waals surface area contributed by atoms with Crippen LogP contribution in [0.3, 0.4) is 0 Å². The standard InChI is InChI=1S/C14H21N/c1-10-9-14(10,15)12-7-5-11(6-8-12)13(2,3)4/h5-8,10H,9,15H2,1-4H3/t10-,14-/m0/s1. The Hall–Kier alpha value is -0.820. The van der Waals surface area contributed by atoms with Crippen molar-refractivity contribution in [3.8, 4) is 0 Å². The van der Waals surface area contributed by atoms with Crippen molar-refractivity contribution in [1.82, 2.24) is 0 Å². The Balaban J connectivity index is 2.26. The summed E-state index contributed by atoms with van der Waals surface area (Å²) < 4.78 is 0. The molecule has 2 rings (SSSR count). The normalized spacial score (nSPS) is 30.3. The first-order valence-electron chi connectivity index (χ1n) is 5.74. The van der Waals surface area contributed by atoms with Gasteiger partial charge in [-0.15, -0.1) is 0 Å². The fourth-order valence-corrected chi connectivity index (χ4v) is 2.13. The first-order chi connectivity index (χ1) is 6.84. The number of benzene rings is 1. The van der Waals surface area contributed by atoms with Crippen LogP contribution in [0.4, 0.5) is 0 Å². The van der Waals surface area contributed by atoms with Crippen molar-refractivity contribution in [1.29, 1.82) is 0 Å². The molecule has 82 valence electrons. The van der Waals surface area contributed by atoms with E-state index in [4.69, 9.17) is 5.73 Å². The molecule has 1 fully saturated rings. The van der Waals surface area contributed by atoms with Gasteiger partial charge in [0.2, 0.25) is 0 Å². The molecular weight excluding hydrogens is 182 g/mol. The van der Waals surface area contributed by atoms with Gasteiger partial charge in [-0.3, -0.25) is 0 Å². The van der Waals surface area contributed by atoms with Gasteiger partial charge in [-0.2, -0.15) is 0 Å². The zero-order valence-corrected chi connectivity index (χ0v) is 10.2. The van der Waals surface area contributed by atoms with Gasteiger partial charge >= 0.3 is 0 Å². The van der Waals surface area contributed by atoms with Crippen molar-refractivity contribution in [3.63, 3.8) is 0 Å². The molecule has 1 aromatic carbocycles. The van der Waals surface area contributed by atoms with Gasteiger partial charge in [-0.1, -0.05) is 52.0 Å². The van der Waals surface area contributed by atoms with Gasteiger partial charge in [0.25, 0.3) is 0 Å². The Labute approximate surface area is 92.7 Å². The second-order valence-electron chi connectivity index (χ2n) is 5.97. The van der Waals surface area contributed by atoms with E-state index in [-0.39, 0.29) is 11.0 Å². The van der Waals surface area contributed by atoms with Crippen LogP contribution in [0.15, 0.2) is 24.3 Å². The van der Waals surface area contributed by atoms with Crippen molar-refractivity contribution in [2.75, 3.05) is 0 Å². The maximum absolute atomic E-state index is 6.27. The lowest BCUT2D eigenvalue weighted by atomic mass is 9.86. The van der Waals surface area contributed by atoms with Crippen LogP contribution in [-0.4, -0.2) is 0 Å². The molecule has 1 nitrogen and oxygen atoms in total. The number of rotatable bonds is 1. The molecule has 2 atom stereocenters. The molecule has 1 aliphatic carbocycles. The van der Waals surface area contributed by atoms with Crippen LogP contribution in [0.2, 0.25) is 0 Å². The Bertz CT molecular complexity index is 358. The third-order valence-corrected chi connectivity index (χ3v) is 3.65. The van der Waals surface area contributed by atoms with Gasteiger partial charge in [-0.05, 0) is 28.9 Å². The summed E-state index contributed by atoms with van der Waals surface area (Å²) in [7, 11) is 0. The highest BCUT2D eigenvalue weighted by Crippen LogP contribution is 2.49. The first kappa shape index (κ1) is 10.7. The van der Waals surface area contributed by atoms with Gasteiger partial charge in [0, 0.05) is 5.54 Å². The molecule has 0 aliphatic heterocycles. The summed E-state index contributed by atoms with van der Waals surface area (Å²) in [6.07, 6.45) is 1.13. The molecule has 0 radical (unpaired) electrons. The zero-order valence-electron chi connectivity index (χ0n) is 10.2. The Morgan fingerprint density at radius 2 is 1.67 bits per heavy atom. The molecular formula is C14H21N. The lowest BCUT2D eigenvalue weighted by Gasteiger charge is -2.20. The van der Waals surface area contributed by atoms with Gasteiger partial charge in [-0.25, -0.2) is 0 Å². The number of hydrogen-bond donors (Lipinski definition) is 1. The van der Waals surface area contributed by atoms with E-state index in [0.717, 1.165) is 6.42 Å². The van der Waals surface area contributed by atoms with E-state index in [2.05, 4.69) is 52.0 Å². The third-order valence-electron chi connectivity index (χ3n) is 3.65. The zero-order chi connectivity index (χ0) is 11.3. The van der Waals surface area contributed by atoms with E-state index in [1.54, 1.807) is 0 Å². The number of hydrogen-bond acceptors (Lipinski definition) is 1. The molecule has 0 spiro atoms. The largest absolute Gasteiger partial charge is 0.321 e. The molecule has 0 bridgehead atoms. The minimum Gasteiger partial charge on any atom is -0.321 e. The molecule has 1 saturated carbocycles. The summed E-state index contributed by atoms with van der Waals surface area (Å²) in [5.41, 5.74) is 9.14. The Kier molecular flexibility index (Phi) is 2.20. The van der Waals surface area contributed by atoms with E-state index in [9.17, 15) is 0 Å². The van der Waals surface area contributed by atoms with Crippen LogP contribution < -0.4 is 5.73 Å². The lowest BCUT2D eigenvalue weighted by Crippen LogP contribution is -2.21. The molecule has 1 aromatic rings. The molecule has 0 amide bonds. The van der Waals surface area contributed by atoms with Crippen LogP contribution in [0.25, 0.3) is 0 Å². The minimum absolute atomic E-state index is 0.0313. The van der Waals surface area contributed by atoms with Crippen molar-refractivity contribution in [2.45, 2.75) is 45.1 Å². The second kappa shape index (κ2) is 3.08.